The zero-order valence-corrected chi connectivity index (χ0v) is 12.9. The van der Waals surface area contributed by atoms with Gasteiger partial charge in [-0.1, -0.05) is 12.1 Å². The van der Waals surface area contributed by atoms with Gasteiger partial charge in [-0.3, -0.25) is 4.79 Å². The lowest BCUT2D eigenvalue weighted by Crippen LogP contribution is -2.35. The first-order valence-electron chi connectivity index (χ1n) is 7.31. The fourth-order valence-electron chi connectivity index (χ4n) is 2.25. The summed E-state index contributed by atoms with van der Waals surface area (Å²) >= 11 is 0. The van der Waals surface area contributed by atoms with Gasteiger partial charge in [0.05, 0.1) is 13.7 Å². The van der Waals surface area contributed by atoms with Gasteiger partial charge < -0.3 is 14.4 Å². The first-order chi connectivity index (χ1) is 11.4. The van der Waals surface area contributed by atoms with Crippen molar-refractivity contribution in [3.8, 4) is 11.5 Å². The number of carbonyl (C=O) groups is 1. The molecule has 1 aromatic carbocycles. The van der Waals surface area contributed by atoms with E-state index in [0.29, 0.717) is 12.8 Å². The molecule has 4 nitrogen and oxygen atoms in total. The fraction of sp³-hybridized carbons (Fsp3) is 0.438. The number of halogens is 4. The van der Waals surface area contributed by atoms with Crippen molar-refractivity contribution in [2.24, 2.45) is 0 Å². The van der Waals surface area contributed by atoms with Gasteiger partial charge in [0.15, 0.2) is 11.5 Å². The summed E-state index contributed by atoms with van der Waals surface area (Å²) in [7, 11) is 1.30. The Morgan fingerprint density at radius 2 is 2.04 bits per heavy atom. The molecule has 0 atom stereocenters. The summed E-state index contributed by atoms with van der Waals surface area (Å²) in [6.07, 6.45) is 1.07. The Hall–Kier alpha value is -2.25. The summed E-state index contributed by atoms with van der Waals surface area (Å²) < 4.78 is 59.6. The van der Waals surface area contributed by atoms with Crippen LogP contribution >= 0.6 is 0 Å². The van der Waals surface area contributed by atoms with Crippen LogP contribution in [-0.4, -0.2) is 43.5 Å². The number of rotatable bonds is 8. The summed E-state index contributed by atoms with van der Waals surface area (Å²) in [6, 6.07) is 4.25. The van der Waals surface area contributed by atoms with Crippen LogP contribution in [0.1, 0.15) is 18.4 Å². The molecule has 132 valence electrons. The van der Waals surface area contributed by atoms with E-state index in [9.17, 15) is 22.4 Å². The van der Waals surface area contributed by atoms with Crippen molar-refractivity contribution in [3.05, 3.63) is 29.8 Å². The zero-order valence-electron chi connectivity index (χ0n) is 12.9. The molecule has 1 aliphatic rings. The van der Waals surface area contributed by atoms with Crippen molar-refractivity contribution >= 4 is 12.0 Å². The van der Waals surface area contributed by atoms with E-state index in [4.69, 9.17) is 4.74 Å². The summed E-state index contributed by atoms with van der Waals surface area (Å²) in [5, 5.41) is 0. The number of benzene rings is 1. The molecule has 2 rings (SSSR count). The van der Waals surface area contributed by atoms with Crippen molar-refractivity contribution in [1.29, 1.82) is 0 Å². The minimum absolute atomic E-state index is 0.0801. The molecule has 1 aliphatic carbocycles. The van der Waals surface area contributed by atoms with E-state index >= 15 is 0 Å². The van der Waals surface area contributed by atoms with E-state index < -0.39 is 25.5 Å². The van der Waals surface area contributed by atoms with Crippen molar-refractivity contribution in [1.82, 2.24) is 4.90 Å². The number of methoxy groups -OCH3 is 1. The lowest BCUT2D eigenvalue weighted by Gasteiger charge is -2.20. The van der Waals surface area contributed by atoms with Gasteiger partial charge in [-0.25, -0.2) is 8.78 Å². The minimum Gasteiger partial charge on any atom is -0.493 e. The average molecular weight is 347 g/mol. The van der Waals surface area contributed by atoms with E-state index in [-0.39, 0.29) is 23.1 Å². The Balaban J connectivity index is 2.19. The van der Waals surface area contributed by atoms with Crippen LogP contribution in [0.2, 0.25) is 0 Å². The fourth-order valence-corrected chi connectivity index (χ4v) is 2.25. The molecule has 0 aliphatic heterocycles. The maximum atomic E-state index is 12.6. The van der Waals surface area contributed by atoms with Gasteiger partial charge in [0.25, 0.3) is 6.43 Å². The molecular formula is C16H17F4NO3. The number of amides is 1. The van der Waals surface area contributed by atoms with Crippen molar-refractivity contribution in [2.75, 3.05) is 13.7 Å². The Kier molecular flexibility index (Phi) is 6.05. The normalized spacial score (nSPS) is 14.5. The van der Waals surface area contributed by atoms with Crippen LogP contribution in [0.25, 0.3) is 6.08 Å². The molecule has 8 heteroatoms. The van der Waals surface area contributed by atoms with Crippen LogP contribution in [0.15, 0.2) is 24.3 Å². The Morgan fingerprint density at radius 3 is 2.58 bits per heavy atom. The number of ether oxygens (including phenoxy) is 2. The molecule has 0 saturated heterocycles. The van der Waals surface area contributed by atoms with E-state index in [2.05, 4.69) is 4.74 Å². The van der Waals surface area contributed by atoms with E-state index in [1.54, 1.807) is 6.07 Å². The predicted molar refractivity (Wildman–Crippen MR) is 79.4 cm³/mol. The highest BCUT2D eigenvalue weighted by molar-refractivity contribution is 5.92. The van der Waals surface area contributed by atoms with Crippen LogP contribution < -0.4 is 9.47 Å². The van der Waals surface area contributed by atoms with Crippen LogP contribution in [-0.2, 0) is 4.79 Å². The topological polar surface area (TPSA) is 38.8 Å². The number of para-hydroxylation sites is 1. The number of hydrogen-bond donors (Lipinski definition) is 0. The first-order valence-corrected chi connectivity index (χ1v) is 7.31. The maximum Gasteiger partial charge on any atom is 0.387 e. The van der Waals surface area contributed by atoms with Crippen LogP contribution in [0.5, 0.6) is 11.5 Å². The largest absolute Gasteiger partial charge is 0.493 e. The van der Waals surface area contributed by atoms with Gasteiger partial charge >= 0.3 is 6.61 Å². The van der Waals surface area contributed by atoms with E-state index in [1.807, 2.05) is 0 Å². The van der Waals surface area contributed by atoms with Gasteiger partial charge in [0.1, 0.15) is 0 Å². The second-order valence-corrected chi connectivity index (χ2v) is 5.20. The number of alkyl halides is 4. The smallest absolute Gasteiger partial charge is 0.387 e. The zero-order chi connectivity index (χ0) is 17.7. The summed E-state index contributed by atoms with van der Waals surface area (Å²) in [6.45, 7) is -3.71. The van der Waals surface area contributed by atoms with Crippen LogP contribution in [0.4, 0.5) is 17.6 Å². The molecule has 1 amide bonds. The third-order valence-corrected chi connectivity index (χ3v) is 3.45. The molecule has 0 radical (unpaired) electrons. The molecule has 0 spiro atoms. The molecule has 1 saturated carbocycles. The van der Waals surface area contributed by atoms with Crippen molar-refractivity contribution < 1.29 is 31.8 Å². The molecule has 1 aromatic rings. The highest BCUT2D eigenvalue weighted by atomic mass is 19.3. The standard InChI is InChI=1S/C16H17F4NO3/c1-23-12-4-2-3-10(15(12)24-16(19)20)5-8-14(22)21(9-13(17)18)11-6-7-11/h2-5,8,11,13,16H,6-7,9H2,1H3. The number of nitrogens with zero attached hydrogens (tertiary/aromatic N) is 1. The molecule has 0 unspecified atom stereocenters. The SMILES string of the molecule is COc1cccc(C=CC(=O)N(CC(F)F)C2CC2)c1OC(F)F. The predicted octanol–water partition coefficient (Wildman–Crippen LogP) is 3.57. The molecule has 24 heavy (non-hydrogen) atoms. The highest BCUT2D eigenvalue weighted by Gasteiger charge is 2.33. The molecule has 0 N–H and O–H groups in total. The summed E-state index contributed by atoms with van der Waals surface area (Å²) in [5.74, 6) is -0.731. The van der Waals surface area contributed by atoms with Gasteiger partial charge in [0, 0.05) is 17.7 Å². The lowest BCUT2D eigenvalue weighted by molar-refractivity contribution is -0.128. The molecule has 0 heterocycles. The maximum absolute atomic E-state index is 12.6. The monoisotopic (exact) mass is 347 g/mol. The van der Waals surface area contributed by atoms with Gasteiger partial charge in [-0.15, -0.1) is 0 Å². The van der Waals surface area contributed by atoms with Crippen molar-refractivity contribution in [3.63, 3.8) is 0 Å². The second kappa shape index (κ2) is 8.03. The number of hydrogen-bond acceptors (Lipinski definition) is 3. The van der Waals surface area contributed by atoms with Crippen LogP contribution in [0, 0.1) is 0 Å². The molecule has 1 fully saturated rings. The quantitative estimate of drug-likeness (QED) is 0.533. The van der Waals surface area contributed by atoms with Crippen molar-refractivity contribution in [2.45, 2.75) is 31.9 Å². The molecule has 0 aromatic heterocycles. The molecule has 0 bridgehead atoms. The number of carbonyl (C=O) groups excluding carboxylic acids is 1. The first kappa shape index (κ1) is 18.1. The minimum atomic E-state index is -3.06. The third-order valence-electron chi connectivity index (χ3n) is 3.45. The van der Waals surface area contributed by atoms with Gasteiger partial charge in [-0.05, 0) is 25.0 Å². The van der Waals surface area contributed by atoms with Gasteiger partial charge in [0.2, 0.25) is 5.91 Å². The Bertz CT molecular complexity index is 603. The summed E-state index contributed by atoms with van der Waals surface area (Å²) in [4.78, 5) is 13.2. The second-order valence-electron chi connectivity index (χ2n) is 5.20. The van der Waals surface area contributed by atoms with E-state index in [0.717, 1.165) is 11.0 Å². The summed E-state index contributed by atoms with van der Waals surface area (Å²) in [5.41, 5.74) is 0.191. The third kappa shape index (κ3) is 4.87. The van der Waals surface area contributed by atoms with Crippen LogP contribution in [0.3, 0.4) is 0 Å². The Labute approximate surface area is 136 Å². The van der Waals surface area contributed by atoms with E-state index in [1.165, 1.54) is 25.3 Å². The lowest BCUT2D eigenvalue weighted by atomic mass is 10.1. The van der Waals surface area contributed by atoms with Gasteiger partial charge in [-0.2, -0.15) is 8.78 Å². The average Bonchev–Trinajstić information content (AvgIpc) is 3.35. The Morgan fingerprint density at radius 1 is 1.33 bits per heavy atom. The molecular weight excluding hydrogens is 330 g/mol. The highest BCUT2D eigenvalue weighted by Crippen LogP contribution is 2.33.